The number of halogens is 1. The van der Waals surface area contributed by atoms with E-state index in [4.69, 9.17) is 21.1 Å². The lowest BCUT2D eigenvalue weighted by molar-refractivity contribution is 0.101. The summed E-state index contributed by atoms with van der Waals surface area (Å²) >= 11 is 6.50. The third-order valence-electron chi connectivity index (χ3n) is 6.24. The summed E-state index contributed by atoms with van der Waals surface area (Å²) in [5, 5.41) is 0.520. The Labute approximate surface area is 175 Å². The fraction of sp³-hybridized carbons (Fsp3) is 0.478. The number of rotatable bonds is 7. The van der Waals surface area contributed by atoms with Gasteiger partial charge in [0.2, 0.25) is 0 Å². The molecule has 0 N–H and O–H groups in total. The summed E-state index contributed by atoms with van der Waals surface area (Å²) in [4.78, 5) is 24.5. The topological polar surface area (TPSA) is 57.5 Å². The molecule has 0 saturated heterocycles. The molecule has 1 unspecified atom stereocenters. The summed E-state index contributed by atoms with van der Waals surface area (Å²) in [6.07, 6.45) is 5.64. The van der Waals surface area contributed by atoms with E-state index in [-0.39, 0.29) is 28.2 Å². The fourth-order valence-electron chi connectivity index (χ4n) is 4.21. The van der Waals surface area contributed by atoms with Crippen molar-refractivity contribution in [2.75, 3.05) is 20.3 Å². The van der Waals surface area contributed by atoms with Gasteiger partial charge in [0.05, 0.1) is 22.9 Å². The lowest BCUT2D eigenvalue weighted by atomic mass is 9.84. The van der Waals surface area contributed by atoms with Gasteiger partial charge in [0.25, 0.3) is 0 Å². The van der Waals surface area contributed by atoms with Crippen molar-refractivity contribution < 1.29 is 14.3 Å². The van der Waals surface area contributed by atoms with Crippen LogP contribution in [0.15, 0.2) is 29.2 Å². The molecule has 29 heavy (non-hydrogen) atoms. The second-order valence-corrected chi connectivity index (χ2v) is 8.82. The fourth-order valence-corrected chi connectivity index (χ4v) is 4.42. The molecular weight excluding hydrogens is 390 g/mol. The van der Waals surface area contributed by atoms with Gasteiger partial charge in [-0.2, -0.15) is 0 Å². The first-order valence-corrected chi connectivity index (χ1v) is 10.4. The maximum Gasteiger partial charge on any atom is 0.192 e. The highest BCUT2D eigenvalue weighted by atomic mass is 35.5. The Morgan fingerprint density at radius 3 is 2.69 bits per heavy atom. The monoisotopic (exact) mass is 415 g/mol. The number of hydrogen-bond donors (Lipinski definition) is 0. The molecule has 1 atom stereocenters. The van der Waals surface area contributed by atoms with Gasteiger partial charge in [-0.3, -0.25) is 9.59 Å². The Morgan fingerprint density at radius 1 is 1.28 bits per heavy atom. The van der Waals surface area contributed by atoms with Crippen molar-refractivity contribution >= 4 is 17.4 Å². The summed E-state index contributed by atoms with van der Waals surface area (Å²) in [5.41, 5.74) is 3.07. The average Bonchev–Trinajstić information content (AvgIpc) is 3.43. The van der Waals surface area contributed by atoms with E-state index in [0.29, 0.717) is 24.0 Å². The first kappa shape index (κ1) is 20.2. The Morgan fingerprint density at radius 2 is 2.03 bits per heavy atom. The van der Waals surface area contributed by atoms with Crippen LogP contribution in [0.25, 0.3) is 11.3 Å². The van der Waals surface area contributed by atoms with Gasteiger partial charge in [0.1, 0.15) is 5.75 Å². The van der Waals surface area contributed by atoms with Gasteiger partial charge in [-0.1, -0.05) is 18.5 Å². The molecule has 1 aromatic heterocycles. The van der Waals surface area contributed by atoms with Crippen molar-refractivity contribution in [1.29, 1.82) is 0 Å². The van der Waals surface area contributed by atoms with E-state index in [1.807, 2.05) is 12.1 Å². The molecule has 2 aromatic rings. The van der Waals surface area contributed by atoms with Gasteiger partial charge >= 0.3 is 0 Å². The number of ketones is 1. The molecule has 2 heterocycles. The van der Waals surface area contributed by atoms with Crippen molar-refractivity contribution in [3.8, 4) is 17.0 Å². The van der Waals surface area contributed by atoms with Crippen LogP contribution in [0.3, 0.4) is 0 Å². The van der Waals surface area contributed by atoms with Crippen LogP contribution in [-0.2, 0) is 11.2 Å². The minimum Gasteiger partial charge on any atom is -0.492 e. The molecule has 5 nitrogen and oxygen atoms in total. The van der Waals surface area contributed by atoms with Crippen LogP contribution >= 0.6 is 11.6 Å². The van der Waals surface area contributed by atoms with Crippen molar-refractivity contribution in [2.45, 2.75) is 45.6 Å². The maximum absolute atomic E-state index is 12.6. The van der Waals surface area contributed by atoms with E-state index >= 15 is 0 Å². The van der Waals surface area contributed by atoms with Crippen LogP contribution in [0.4, 0.5) is 0 Å². The van der Waals surface area contributed by atoms with Crippen LogP contribution in [-0.4, -0.2) is 30.7 Å². The van der Waals surface area contributed by atoms with E-state index < -0.39 is 0 Å². The van der Waals surface area contributed by atoms with E-state index in [1.54, 1.807) is 19.4 Å². The molecule has 1 saturated carbocycles. The van der Waals surface area contributed by atoms with Crippen LogP contribution in [0.5, 0.6) is 5.75 Å². The summed E-state index contributed by atoms with van der Waals surface area (Å²) in [5.74, 6) is 0.464. The molecular formula is C23H26ClNO4. The number of carbonyl (C=O) groups is 1. The van der Waals surface area contributed by atoms with Crippen molar-refractivity contribution in [2.24, 2.45) is 5.41 Å². The highest BCUT2D eigenvalue weighted by Crippen LogP contribution is 2.57. The predicted molar refractivity (Wildman–Crippen MR) is 113 cm³/mol. The van der Waals surface area contributed by atoms with E-state index in [1.165, 1.54) is 6.92 Å². The van der Waals surface area contributed by atoms with Crippen molar-refractivity contribution in [1.82, 2.24) is 4.57 Å². The average molecular weight is 416 g/mol. The zero-order chi connectivity index (χ0) is 20.8. The molecule has 0 bridgehead atoms. The van der Waals surface area contributed by atoms with Crippen LogP contribution in [0.1, 0.15) is 55.1 Å². The number of pyridine rings is 1. The molecule has 0 spiro atoms. The van der Waals surface area contributed by atoms with Crippen LogP contribution < -0.4 is 10.2 Å². The number of nitrogens with zero attached hydrogens (tertiary/aromatic N) is 1. The van der Waals surface area contributed by atoms with E-state index in [2.05, 4.69) is 11.5 Å². The zero-order valence-electron chi connectivity index (χ0n) is 17.1. The summed E-state index contributed by atoms with van der Waals surface area (Å²) < 4.78 is 13.1. The molecule has 154 valence electrons. The number of aromatic nitrogens is 1. The Balaban J connectivity index is 1.79. The van der Waals surface area contributed by atoms with Gasteiger partial charge in [-0.25, -0.2) is 0 Å². The largest absolute Gasteiger partial charge is 0.492 e. The van der Waals surface area contributed by atoms with Gasteiger partial charge in [0, 0.05) is 44.0 Å². The molecule has 4 rings (SSSR count). The Bertz CT molecular complexity index is 1020. The molecule has 0 radical (unpaired) electrons. The molecule has 2 aliphatic rings. The number of ether oxygens (including phenoxy) is 2. The third-order valence-corrected chi connectivity index (χ3v) is 6.53. The minimum absolute atomic E-state index is 0.175. The highest BCUT2D eigenvalue weighted by molar-refractivity contribution is 6.32. The molecule has 1 aliphatic carbocycles. The molecule has 0 amide bonds. The standard InChI is InChI=1S/C23H26ClNO4/c1-14(26)17-13-25-19(12-20(17)27)16-11-18(24)21(29-8-4-7-28-3)9-15(16)10-22(25)23(2)5-6-23/h9,11-13,22H,4-8,10H2,1-3H3. The smallest absolute Gasteiger partial charge is 0.192 e. The quantitative estimate of drug-likeness (QED) is 0.486. The Kier molecular flexibility index (Phi) is 5.30. The zero-order valence-corrected chi connectivity index (χ0v) is 17.8. The number of fused-ring (bicyclic) bond motifs is 3. The lowest BCUT2D eigenvalue weighted by Crippen LogP contribution is -2.29. The molecule has 1 aliphatic heterocycles. The molecule has 1 fully saturated rings. The first-order valence-electron chi connectivity index (χ1n) is 10.1. The molecule has 1 aromatic carbocycles. The lowest BCUT2D eigenvalue weighted by Gasteiger charge is -2.35. The summed E-state index contributed by atoms with van der Waals surface area (Å²) in [6.45, 7) is 4.89. The number of carbonyl (C=O) groups excluding carboxylic acids is 1. The van der Waals surface area contributed by atoms with Crippen molar-refractivity contribution in [3.05, 3.63) is 50.8 Å². The third kappa shape index (κ3) is 3.74. The highest BCUT2D eigenvalue weighted by Gasteiger charge is 2.47. The number of methoxy groups -OCH3 is 1. The van der Waals surface area contributed by atoms with Crippen LogP contribution in [0, 0.1) is 5.41 Å². The second-order valence-electron chi connectivity index (χ2n) is 8.41. The minimum atomic E-state index is -0.243. The number of Topliss-reactive ketones (excluding diaryl/α,β-unsaturated/α-hetero) is 1. The summed E-state index contributed by atoms with van der Waals surface area (Å²) in [7, 11) is 1.67. The molecule has 6 heteroatoms. The van der Waals surface area contributed by atoms with Gasteiger partial charge in [-0.05, 0) is 49.3 Å². The van der Waals surface area contributed by atoms with Gasteiger partial charge in [-0.15, -0.1) is 0 Å². The maximum atomic E-state index is 12.6. The van der Waals surface area contributed by atoms with Crippen LogP contribution in [0.2, 0.25) is 5.02 Å². The van der Waals surface area contributed by atoms with Gasteiger partial charge < -0.3 is 14.0 Å². The second kappa shape index (κ2) is 7.62. The van der Waals surface area contributed by atoms with Gasteiger partial charge in [0.15, 0.2) is 11.2 Å². The number of hydrogen-bond acceptors (Lipinski definition) is 4. The first-order chi connectivity index (χ1) is 13.8. The van der Waals surface area contributed by atoms with E-state index in [0.717, 1.165) is 42.5 Å². The Hall–Kier alpha value is -2.11. The normalized spacial score (nSPS) is 18.7. The predicted octanol–water partition coefficient (Wildman–Crippen LogP) is 4.68. The van der Waals surface area contributed by atoms with Crippen molar-refractivity contribution in [3.63, 3.8) is 0 Å². The summed E-state index contributed by atoms with van der Waals surface area (Å²) in [6, 6.07) is 5.68. The SMILES string of the molecule is COCCCOc1cc2c(cc1Cl)-c1cc(=O)c(C(C)=O)cn1C(C1(C)CC1)C2. The number of benzene rings is 1. The van der Waals surface area contributed by atoms with E-state index in [9.17, 15) is 9.59 Å².